The van der Waals surface area contributed by atoms with Gasteiger partial charge < -0.3 is 10.6 Å². The van der Waals surface area contributed by atoms with Crippen molar-refractivity contribution in [3.63, 3.8) is 0 Å². The molecule has 2 unspecified atom stereocenters. The Labute approximate surface area is 89.9 Å². The third-order valence-corrected chi connectivity index (χ3v) is 3.23. The van der Waals surface area contributed by atoms with Gasteiger partial charge >= 0.3 is 0 Å². The molecule has 0 saturated heterocycles. The zero-order valence-electron chi connectivity index (χ0n) is 8.99. The van der Waals surface area contributed by atoms with E-state index in [2.05, 4.69) is 0 Å². The molecule has 1 aromatic carbocycles. The summed E-state index contributed by atoms with van der Waals surface area (Å²) in [5.41, 5.74) is 6.54. The van der Waals surface area contributed by atoms with Crippen LogP contribution in [0.3, 0.4) is 0 Å². The van der Waals surface area contributed by atoms with Crippen LogP contribution in [-0.4, -0.2) is 19.1 Å². The molecule has 0 aromatic heterocycles. The Kier molecular flexibility index (Phi) is 2.91. The minimum atomic E-state index is -0.152. The van der Waals surface area contributed by atoms with Crippen molar-refractivity contribution in [2.75, 3.05) is 11.9 Å². The predicted molar refractivity (Wildman–Crippen MR) is 60.4 cm³/mol. The van der Waals surface area contributed by atoms with E-state index in [4.69, 9.17) is 5.73 Å². The molecule has 0 heterocycles. The second-order valence-electron chi connectivity index (χ2n) is 4.29. The fourth-order valence-corrected chi connectivity index (χ4v) is 2.28. The first kappa shape index (κ1) is 10.4. The van der Waals surface area contributed by atoms with Crippen molar-refractivity contribution in [2.24, 2.45) is 5.73 Å². The summed E-state index contributed by atoms with van der Waals surface area (Å²) in [5, 5.41) is 0. The summed E-state index contributed by atoms with van der Waals surface area (Å²) in [4.78, 5) is 2.02. The summed E-state index contributed by atoms with van der Waals surface area (Å²) in [7, 11) is 1.95. The molecule has 0 amide bonds. The van der Waals surface area contributed by atoms with Crippen LogP contribution in [0.1, 0.15) is 19.3 Å². The summed E-state index contributed by atoms with van der Waals surface area (Å²) < 4.78 is 13.5. The number of benzene rings is 1. The van der Waals surface area contributed by atoms with E-state index in [1.807, 2.05) is 24.1 Å². The molecule has 2 atom stereocenters. The van der Waals surface area contributed by atoms with Crippen LogP contribution in [0.2, 0.25) is 0 Å². The number of halogens is 1. The Morgan fingerprint density at radius 3 is 2.67 bits per heavy atom. The standard InChI is InChI=1S/C12H17FN2/c1-15(10-7-6-9(14)8-10)12-5-3-2-4-11(12)13/h2-5,9-10H,6-8,14H2,1H3. The highest BCUT2D eigenvalue weighted by Gasteiger charge is 2.26. The normalized spacial score (nSPS) is 25.5. The van der Waals surface area contributed by atoms with Crippen LogP contribution in [0.25, 0.3) is 0 Å². The van der Waals surface area contributed by atoms with E-state index < -0.39 is 0 Å². The lowest BCUT2D eigenvalue weighted by Crippen LogP contribution is -2.31. The van der Waals surface area contributed by atoms with Gasteiger partial charge in [0.1, 0.15) is 5.82 Å². The van der Waals surface area contributed by atoms with Gasteiger partial charge in [-0.3, -0.25) is 0 Å². The van der Waals surface area contributed by atoms with Crippen LogP contribution >= 0.6 is 0 Å². The van der Waals surface area contributed by atoms with Gasteiger partial charge in [0.25, 0.3) is 0 Å². The zero-order chi connectivity index (χ0) is 10.8. The van der Waals surface area contributed by atoms with Gasteiger partial charge in [0.2, 0.25) is 0 Å². The van der Waals surface area contributed by atoms with Crippen LogP contribution in [0.15, 0.2) is 24.3 Å². The van der Waals surface area contributed by atoms with Crippen molar-refractivity contribution in [1.82, 2.24) is 0 Å². The molecule has 2 nitrogen and oxygen atoms in total. The first-order chi connectivity index (χ1) is 7.18. The maximum absolute atomic E-state index is 13.5. The van der Waals surface area contributed by atoms with E-state index in [9.17, 15) is 4.39 Å². The van der Waals surface area contributed by atoms with Crippen molar-refractivity contribution in [1.29, 1.82) is 0 Å². The Balaban J connectivity index is 2.14. The van der Waals surface area contributed by atoms with E-state index in [0.717, 1.165) is 19.3 Å². The number of nitrogens with two attached hydrogens (primary N) is 1. The third-order valence-electron chi connectivity index (χ3n) is 3.23. The minimum Gasteiger partial charge on any atom is -0.369 e. The summed E-state index contributed by atoms with van der Waals surface area (Å²) in [5.74, 6) is -0.152. The highest BCUT2D eigenvalue weighted by molar-refractivity contribution is 5.48. The molecule has 1 aliphatic carbocycles. The second kappa shape index (κ2) is 4.19. The first-order valence-corrected chi connectivity index (χ1v) is 5.41. The molecular formula is C12H17FN2. The summed E-state index contributed by atoms with van der Waals surface area (Å²) in [6.45, 7) is 0. The molecule has 1 saturated carbocycles. The predicted octanol–water partition coefficient (Wildman–Crippen LogP) is 2.14. The van der Waals surface area contributed by atoms with E-state index in [1.54, 1.807) is 6.07 Å². The van der Waals surface area contributed by atoms with Crippen LogP contribution in [0.5, 0.6) is 0 Å². The molecule has 0 bridgehead atoms. The monoisotopic (exact) mass is 208 g/mol. The van der Waals surface area contributed by atoms with E-state index in [1.165, 1.54) is 6.07 Å². The Morgan fingerprint density at radius 2 is 2.07 bits per heavy atom. The minimum absolute atomic E-state index is 0.152. The number of para-hydroxylation sites is 1. The Bertz CT molecular complexity index is 340. The molecule has 0 aliphatic heterocycles. The summed E-state index contributed by atoms with van der Waals surface area (Å²) >= 11 is 0. The van der Waals surface area contributed by atoms with Gasteiger partial charge in [-0.15, -0.1) is 0 Å². The summed E-state index contributed by atoms with van der Waals surface area (Å²) in [6, 6.07) is 7.57. The number of anilines is 1. The van der Waals surface area contributed by atoms with Crippen LogP contribution in [0, 0.1) is 5.82 Å². The second-order valence-corrected chi connectivity index (χ2v) is 4.29. The maximum atomic E-state index is 13.5. The Morgan fingerprint density at radius 1 is 1.33 bits per heavy atom. The van der Waals surface area contributed by atoms with E-state index >= 15 is 0 Å². The average molecular weight is 208 g/mol. The fraction of sp³-hybridized carbons (Fsp3) is 0.500. The lowest BCUT2D eigenvalue weighted by atomic mass is 10.2. The Hall–Kier alpha value is -1.09. The van der Waals surface area contributed by atoms with Crippen molar-refractivity contribution in [3.8, 4) is 0 Å². The molecule has 1 aliphatic rings. The number of hydrogen-bond acceptors (Lipinski definition) is 2. The molecule has 0 radical (unpaired) electrons. The SMILES string of the molecule is CN(c1ccccc1F)C1CCC(N)C1. The third kappa shape index (κ3) is 2.12. The number of hydrogen-bond donors (Lipinski definition) is 1. The van der Waals surface area contributed by atoms with Crippen molar-refractivity contribution in [2.45, 2.75) is 31.3 Å². The number of nitrogens with zero attached hydrogens (tertiary/aromatic N) is 1. The van der Waals surface area contributed by atoms with Crippen LogP contribution < -0.4 is 10.6 Å². The fourth-order valence-electron chi connectivity index (χ4n) is 2.28. The van der Waals surface area contributed by atoms with Gasteiger partial charge in [0, 0.05) is 19.1 Å². The van der Waals surface area contributed by atoms with Crippen LogP contribution in [0.4, 0.5) is 10.1 Å². The molecule has 82 valence electrons. The highest BCUT2D eigenvalue weighted by Crippen LogP contribution is 2.27. The first-order valence-electron chi connectivity index (χ1n) is 5.41. The van der Waals surface area contributed by atoms with Gasteiger partial charge in [-0.05, 0) is 31.4 Å². The molecule has 3 heteroatoms. The molecular weight excluding hydrogens is 191 g/mol. The van der Waals surface area contributed by atoms with Gasteiger partial charge in [0.05, 0.1) is 5.69 Å². The lowest BCUT2D eigenvalue weighted by molar-refractivity contribution is 0.590. The molecule has 2 rings (SSSR count). The molecule has 1 fully saturated rings. The quantitative estimate of drug-likeness (QED) is 0.806. The highest BCUT2D eigenvalue weighted by atomic mass is 19.1. The molecule has 2 N–H and O–H groups in total. The average Bonchev–Trinajstić information content (AvgIpc) is 2.65. The van der Waals surface area contributed by atoms with E-state index in [0.29, 0.717) is 11.7 Å². The summed E-state index contributed by atoms with van der Waals surface area (Å²) in [6.07, 6.45) is 3.07. The molecule has 15 heavy (non-hydrogen) atoms. The van der Waals surface area contributed by atoms with Gasteiger partial charge in [-0.2, -0.15) is 0 Å². The zero-order valence-corrected chi connectivity index (χ0v) is 8.99. The van der Waals surface area contributed by atoms with Crippen LogP contribution in [-0.2, 0) is 0 Å². The van der Waals surface area contributed by atoms with Gasteiger partial charge in [-0.1, -0.05) is 12.1 Å². The molecule has 1 aromatic rings. The van der Waals surface area contributed by atoms with E-state index in [-0.39, 0.29) is 11.9 Å². The van der Waals surface area contributed by atoms with Crippen molar-refractivity contribution >= 4 is 5.69 Å². The number of rotatable bonds is 2. The smallest absolute Gasteiger partial charge is 0.146 e. The van der Waals surface area contributed by atoms with Crippen molar-refractivity contribution < 1.29 is 4.39 Å². The van der Waals surface area contributed by atoms with Gasteiger partial charge in [-0.25, -0.2) is 4.39 Å². The largest absolute Gasteiger partial charge is 0.369 e. The lowest BCUT2D eigenvalue weighted by Gasteiger charge is -2.27. The van der Waals surface area contributed by atoms with Gasteiger partial charge in [0.15, 0.2) is 0 Å². The topological polar surface area (TPSA) is 29.3 Å². The molecule has 0 spiro atoms. The maximum Gasteiger partial charge on any atom is 0.146 e. The van der Waals surface area contributed by atoms with Crippen molar-refractivity contribution in [3.05, 3.63) is 30.1 Å².